The first-order valence-corrected chi connectivity index (χ1v) is 16.2. The van der Waals surface area contributed by atoms with Crippen molar-refractivity contribution in [2.45, 2.75) is 44.7 Å². The van der Waals surface area contributed by atoms with Crippen molar-refractivity contribution in [1.29, 1.82) is 0 Å². The first-order valence-electron chi connectivity index (χ1n) is 14.8. The molecule has 1 atom stereocenters. The van der Waals surface area contributed by atoms with E-state index in [2.05, 4.69) is 5.32 Å². The Balaban J connectivity index is 1.80. The molecule has 0 aliphatic rings. The average Bonchev–Trinajstić information content (AvgIpc) is 3.03. The van der Waals surface area contributed by atoms with E-state index >= 15 is 0 Å². The molecule has 236 valence electrons. The Morgan fingerprint density at radius 2 is 1.51 bits per heavy atom. The van der Waals surface area contributed by atoms with Gasteiger partial charge in [-0.05, 0) is 68.8 Å². The number of likely N-dealkylation sites (N-methyl/N-ethyl adjacent to an activating group) is 1. The van der Waals surface area contributed by atoms with Gasteiger partial charge in [0.1, 0.15) is 24.2 Å². The molecule has 8 nitrogen and oxygen atoms in total. The van der Waals surface area contributed by atoms with Crippen molar-refractivity contribution in [1.82, 2.24) is 10.2 Å². The van der Waals surface area contributed by atoms with Crippen LogP contribution < -0.4 is 14.4 Å². The largest absolute Gasteiger partial charge is 0.494 e. The topological polar surface area (TPSA) is 96.0 Å². The van der Waals surface area contributed by atoms with E-state index in [1.165, 1.54) is 29.2 Å². The third kappa shape index (κ3) is 8.48. The van der Waals surface area contributed by atoms with Gasteiger partial charge >= 0.3 is 0 Å². The van der Waals surface area contributed by atoms with Crippen LogP contribution in [0.25, 0.3) is 0 Å². The Labute approximate surface area is 264 Å². The van der Waals surface area contributed by atoms with Crippen molar-refractivity contribution in [2.75, 3.05) is 24.0 Å². The van der Waals surface area contributed by atoms with Crippen LogP contribution in [0, 0.1) is 12.7 Å². The molecule has 10 heteroatoms. The maximum Gasteiger partial charge on any atom is 0.264 e. The zero-order valence-corrected chi connectivity index (χ0v) is 26.5. The first-order chi connectivity index (χ1) is 21.6. The van der Waals surface area contributed by atoms with Gasteiger partial charge in [-0.15, -0.1) is 0 Å². The third-order valence-electron chi connectivity index (χ3n) is 7.24. The maximum absolute atomic E-state index is 15.0. The number of amides is 2. The monoisotopic (exact) mass is 631 g/mol. The summed E-state index contributed by atoms with van der Waals surface area (Å²) in [7, 11) is -4.25. The molecule has 4 rings (SSSR count). The summed E-state index contributed by atoms with van der Waals surface area (Å²) >= 11 is 0. The normalized spacial score (nSPS) is 11.8. The van der Waals surface area contributed by atoms with Gasteiger partial charge in [0, 0.05) is 25.1 Å². The maximum atomic E-state index is 15.0. The van der Waals surface area contributed by atoms with Gasteiger partial charge in [-0.1, -0.05) is 66.2 Å². The summed E-state index contributed by atoms with van der Waals surface area (Å²) in [5.74, 6) is -1.10. The summed E-state index contributed by atoms with van der Waals surface area (Å²) in [6.07, 6.45) is 0.140. The Morgan fingerprint density at radius 1 is 0.867 bits per heavy atom. The van der Waals surface area contributed by atoms with E-state index in [1.54, 1.807) is 55.5 Å². The average molecular weight is 632 g/mol. The molecule has 0 unspecified atom stereocenters. The summed E-state index contributed by atoms with van der Waals surface area (Å²) in [6, 6.07) is 26.9. The first kappa shape index (κ1) is 33.2. The molecule has 0 radical (unpaired) electrons. The fourth-order valence-electron chi connectivity index (χ4n) is 4.90. The Kier molecular flexibility index (Phi) is 11.3. The molecule has 0 aliphatic carbocycles. The number of anilines is 1. The van der Waals surface area contributed by atoms with E-state index in [0.29, 0.717) is 18.9 Å². The second-order valence-electron chi connectivity index (χ2n) is 10.5. The highest BCUT2D eigenvalue weighted by atomic mass is 32.2. The van der Waals surface area contributed by atoms with Gasteiger partial charge in [0.05, 0.1) is 17.2 Å². The molecule has 0 bridgehead atoms. The lowest BCUT2D eigenvalue weighted by Crippen LogP contribution is -2.53. The molecule has 45 heavy (non-hydrogen) atoms. The molecular weight excluding hydrogens is 593 g/mol. The predicted octanol–water partition coefficient (Wildman–Crippen LogP) is 5.50. The quantitative estimate of drug-likeness (QED) is 0.198. The second-order valence-corrected chi connectivity index (χ2v) is 12.3. The molecule has 4 aromatic carbocycles. The number of rotatable bonds is 14. The van der Waals surface area contributed by atoms with E-state index < -0.39 is 40.2 Å². The SMILES string of the molecule is CCNC(=O)[C@H](Cc1ccccc1)N(Cc1ccccc1F)C(=O)CN(c1ccc(OCC)cc1)S(=O)(=O)c1ccc(C)cc1. The molecule has 1 N–H and O–H groups in total. The smallest absolute Gasteiger partial charge is 0.264 e. The predicted molar refractivity (Wildman–Crippen MR) is 173 cm³/mol. The van der Waals surface area contributed by atoms with E-state index in [4.69, 9.17) is 4.74 Å². The molecule has 0 fully saturated rings. The highest BCUT2D eigenvalue weighted by Gasteiger charge is 2.35. The minimum absolute atomic E-state index is 0.000000127. The summed E-state index contributed by atoms with van der Waals surface area (Å²) < 4.78 is 49.7. The van der Waals surface area contributed by atoms with Crippen LogP contribution in [0.15, 0.2) is 108 Å². The summed E-state index contributed by atoms with van der Waals surface area (Å²) in [5.41, 5.74) is 2.09. The Hall–Kier alpha value is -4.70. The lowest BCUT2D eigenvalue weighted by Gasteiger charge is -2.34. The number of ether oxygens (including phenoxy) is 1. The van der Waals surface area contributed by atoms with E-state index in [0.717, 1.165) is 15.4 Å². The van der Waals surface area contributed by atoms with Crippen LogP contribution in [0.1, 0.15) is 30.5 Å². The van der Waals surface area contributed by atoms with Crippen LogP contribution >= 0.6 is 0 Å². The standard InChI is InChI=1S/C35H38FN3O5S/c1-4-37-35(41)33(23-27-11-7-6-8-12-27)38(24-28-13-9-10-14-32(28)36)34(40)25-39(29-17-19-30(20-18-29)44-5-2)45(42,43)31-21-15-26(3)16-22-31/h6-22,33H,4-5,23-25H2,1-3H3,(H,37,41)/t33-/m0/s1. The molecule has 0 aliphatic heterocycles. The number of nitrogens with one attached hydrogen (secondary N) is 1. The Morgan fingerprint density at radius 3 is 2.13 bits per heavy atom. The highest BCUT2D eigenvalue weighted by Crippen LogP contribution is 2.27. The molecule has 0 spiro atoms. The number of hydrogen-bond donors (Lipinski definition) is 1. The summed E-state index contributed by atoms with van der Waals surface area (Å²) in [4.78, 5) is 29.2. The fourth-order valence-corrected chi connectivity index (χ4v) is 6.31. The number of hydrogen-bond acceptors (Lipinski definition) is 5. The number of nitrogens with zero attached hydrogens (tertiary/aromatic N) is 2. The summed E-state index contributed by atoms with van der Waals surface area (Å²) in [5, 5.41) is 2.79. The number of halogens is 1. The van der Waals surface area contributed by atoms with Gasteiger partial charge in [-0.3, -0.25) is 13.9 Å². The van der Waals surface area contributed by atoms with Gasteiger partial charge in [-0.25, -0.2) is 12.8 Å². The molecule has 0 saturated carbocycles. The van der Waals surface area contributed by atoms with Gasteiger partial charge in [0.2, 0.25) is 11.8 Å². The van der Waals surface area contributed by atoms with Gasteiger partial charge in [0.25, 0.3) is 10.0 Å². The van der Waals surface area contributed by atoms with Gasteiger partial charge in [-0.2, -0.15) is 0 Å². The van der Waals surface area contributed by atoms with Crippen LogP contribution in [0.3, 0.4) is 0 Å². The third-order valence-corrected chi connectivity index (χ3v) is 9.03. The number of sulfonamides is 1. The van der Waals surface area contributed by atoms with E-state index in [1.807, 2.05) is 44.2 Å². The number of carbonyl (C=O) groups excluding carboxylic acids is 2. The van der Waals surface area contributed by atoms with Crippen molar-refractivity contribution in [3.8, 4) is 5.75 Å². The van der Waals surface area contributed by atoms with E-state index in [-0.39, 0.29) is 29.1 Å². The zero-order valence-electron chi connectivity index (χ0n) is 25.6. The molecule has 0 saturated heterocycles. The van der Waals surface area contributed by atoms with Crippen molar-refractivity contribution < 1.29 is 27.1 Å². The van der Waals surface area contributed by atoms with Crippen LogP contribution in [0.5, 0.6) is 5.75 Å². The van der Waals surface area contributed by atoms with Crippen LogP contribution in [-0.2, 0) is 32.6 Å². The van der Waals surface area contributed by atoms with E-state index in [9.17, 15) is 22.4 Å². The van der Waals surface area contributed by atoms with Crippen LogP contribution in [0.4, 0.5) is 10.1 Å². The number of carbonyl (C=O) groups is 2. The highest BCUT2D eigenvalue weighted by molar-refractivity contribution is 7.92. The molecule has 0 heterocycles. The van der Waals surface area contributed by atoms with Gasteiger partial charge < -0.3 is 15.0 Å². The van der Waals surface area contributed by atoms with Crippen molar-refractivity contribution in [3.63, 3.8) is 0 Å². The lowest BCUT2D eigenvalue weighted by atomic mass is 10.0. The lowest BCUT2D eigenvalue weighted by molar-refractivity contribution is -0.140. The van der Waals surface area contributed by atoms with Gasteiger partial charge in [0.15, 0.2) is 0 Å². The molecule has 4 aromatic rings. The minimum atomic E-state index is -4.25. The fraction of sp³-hybridized carbons (Fsp3) is 0.257. The summed E-state index contributed by atoms with van der Waals surface area (Å²) in [6.45, 7) is 5.31. The zero-order chi connectivity index (χ0) is 32.4. The van der Waals surface area contributed by atoms with Crippen molar-refractivity contribution in [2.24, 2.45) is 0 Å². The molecule has 2 amide bonds. The van der Waals surface area contributed by atoms with Crippen molar-refractivity contribution >= 4 is 27.5 Å². The van der Waals surface area contributed by atoms with Crippen LogP contribution in [-0.4, -0.2) is 50.9 Å². The minimum Gasteiger partial charge on any atom is -0.494 e. The second kappa shape index (κ2) is 15.3. The molecular formula is C35H38FN3O5S. The van der Waals surface area contributed by atoms with Crippen molar-refractivity contribution in [3.05, 3.63) is 126 Å². The Bertz CT molecular complexity index is 1680. The molecule has 0 aromatic heterocycles. The number of benzene rings is 4. The number of aryl methyl sites for hydroxylation is 1. The van der Waals surface area contributed by atoms with Crippen LogP contribution in [0.2, 0.25) is 0 Å².